The van der Waals surface area contributed by atoms with Crippen molar-refractivity contribution < 1.29 is 0 Å². The van der Waals surface area contributed by atoms with Crippen molar-refractivity contribution >= 4 is 5.82 Å². The number of aromatic nitrogens is 2. The smallest absolute Gasteiger partial charge is 0.132 e. The van der Waals surface area contributed by atoms with Gasteiger partial charge in [-0.3, -0.25) is 0 Å². The van der Waals surface area contributed by atoms with Gasteiger partial charge in [0, 0.05) is 17.8 Å². The number of aryl methyl sites for hydroxylation is 1. The maximum atomic E-state index is 4.28. The topological polar surface area (TPSA) is 49.8 Å². The molecule has 0 aromatic carbocycles. The lowest BCUT2D eigenvalue weighted by Crippen LogP contribution is -2.33. The highest BCUT2D eigenvalue weighted by molar-refractivity contribution is 5.44. The molecule has 0 aliphatic carbocycles. The van der Waals surface area contributed by atoms with Gasteiger partial charge in [0.05, 0.1) is 0 Å². The maximum Gasteiger partial charge on any atom is 0.132 e. The molecular weight excluding hydrogens is 200 g/mol. The normalized spacial score (nSPS) is 20.8. The number of hydrogen-bond donors (Lipinski definition) is 2. The second kappa shape index (κ2) is 5.25. The summed E-state index contributed by atoms with van der Waals surface area (Å²) in [5.41, 5.74) is 2.21. The van der Waals surface area contributed by atoms with E-state index in [-0.39, 0.29) is 0 Å². The molecule has 1 fully saturated rings. The molecular formula is C12H20N4. The Labute approximate surface area is 96.9 Å². The van der Waals surface area contributed by atoms with E-state index in [1.54, 1.807) is 6.33 Å². The zero-order chi connectivity index (χ0) is 11.4. The summed E-state index contributed by atoms with van der Waals surface area (Å²) in [7, 11) is 0. The Kier molecular flexibility index (Phi) is 3.72. The molecule has 1 aromatic rings. The minimum absolute atomic E-state index is 0.725. The van der Waals surface area contributed by atoms with Crippen LogP contribution in [0.3, 0.4) is 0 Å². The lowest BCUT2D eigenvalue weighted by Gasteiger charge is -2.23. The second-order valence-corrected chi connectivity index (χ2v) is 4.53. The lowest BCUT2D eigenvalue weighted by molar-refractivity contribution is 0.392. The highest BCUT2D eigenvalue weighted by Crippen LogP contribution is 2.15. The predicted octanol–water partition coefficient (Wildman–Crippen LogP) is 1.50. The molecule has 0 saturated carbocycles. The summed E-state index contributed by atoms with van der Waals surface area (Å²) >= 11 is 0. The van der Waals surface area contributed by atoms with Crippen molar-refractivity contribution in [2.45, 2.75) is 26.7 Å². The molecule has 4 heteroatoms. The average molecular weight is 220 g/mol. The largest absolute Gasteiger partial charge is 0.369 e. The highest BCUT2D eigenvalue weighted by atomic mass is 15.0. The molecule has 0 amide bonds. The third-order valence-electron chi connectivity index (χ3n) is 3.29. The van der Waals surface area contributed by atoms with Crippen LogP contribution in [0.25, 0.3) is 0 Å². The number of nitrogens with one attached hydrogen (secondary N) is 2. The van der Waals surface area contributed by atoms with Gasteiger partial charge in [-0.2, -0.15) is 0 Å². The SMILES string of the molecule is Cc1ncnc(NCC2CCCNC2)c1C. The van der Waals surface area contributed by atoms with Gasteiger partial charge in [0.25, 0.3) is 0 Å². The summed E-state index contributed by atoms with van der Waals surface area (Å²) in [4.78, 5) is 8.45. The number of rotatable bonds is 3. The van der Waals surface area contributed by atoms with Gasteiger partial charge in [-0.25, -0.2) is 9.97 Å². The molecule has 4 nitrogen and oxygen atoms in total. The Bertz CT molecular complexity index is 345. The molecule has 1 atom stereocenters. The first-order valence-electron chi connectivity index (χ1n) is 6.00. The first-order valence-corrected chi connectivity index (χ1v) is 6.00. The molecule has 1 aromatic heterocycles. The molecule has 1 unspecified atom stereocenters. The van der Waals surface area contributed by atoms with E-state index in [0.29, 0.717) is 0 Å². The van der Waals surface area contributed by atoms with Crippen LogP contribution < -0.4 is 10.6 Å². The Hall–Kier alpha value is -1.16. The Morgan fingerprint density at radius 2 is 2.31 bits per heavy atom. The molecule has 0 spiro atoms. The monoisotopic (exact) mass is 220 g/mol. The summed E-state index contributed by atoms with van der Waals surface area (Å²) in [5, 5.41) is 6.86. The molecule has 2 rings (SSSR count). The zero-order valence-corrected chi connectivity index (χ0v) is 10.1. The van der Waals surface area contributed by atoms with Crippen molar-refractivity contribution in [3.8, 4) is 0 Å². The van der Waals surface area contributed by atoms with Crippen LogP contribution >= 0.6 is 0 Å². The summed E-state index contributed by atoms with van der Waals surface area (Å²) < 4.78 is 0. The lowest BCUT2D eigenvalue weighted by atomic mass is 10.00. The van der Waals surface area contributed by atoms with Gasteiger partial charge in [0.1, 0.15) is 12.1 Å². The zero-order valence-electron chi connectivity index (χ0n) is 10.1. The number of nitrogens with zero attached hydrogens (tertiary/aromatic N) is 2. The van der Waals surface area contributed by atoms with Gasteiger partial charge in [-0.05, 0) is 45.7 Å². The molecule has 0 bridgehead atoms. The Balaban J connectivity index is 1.91. The molecule has 88 valence electrons. The van der Waals surface area contributed by atoms with Crippen molar-refractivity contribution in [1.29, 1.82) is 0 Å². The summed E-state index contributed by atoms with van der Waals surface area (Å²) in [6, 6.07) is 0. The van der Waals surface area contributed by atoms with Crippen molar-refractivity contribution in [2.75, 3.05) is 25.0 Å². The van der Waals surface area contributed by atoms with E-state index in [0.717, 1.165) is 36.1 Å². The van der Waals surface area contributed by atoms with Crippen LogP contribution in [0.1, 0.15) is 24.1 Å². The minimum atomic E-state index is 0.725. The van der Waals surface area contributed by atoms with Crippen LogP contribution in [0, 0.1) is 19.8 Å². The van der Waals surface area contributed by atoms with Crippen molar-refractivity contribution in [2.24, 2.45) is 5.92 Å². The van der Waals surface area contributed by atoms with E-state index < -0.39 is 0 Å². The van der Waals surface area contributed by atoms with Crippen LogP contribution in [-0.2, 0) is 0 Å². The van der Waals surface area contributed by atoms with Crippen molar-refractivity contribution in [1.82, 2.24) is 15.3 Å². The molecule has 1 aliphatic heterocycles. The van der Waals surface area contributed by atoms with E-state index in [9.17, 15) is 0 Å². The number of hydrogen-bond acceptors (Lipinski definition) is 4. The van der Waals surface area contributed by atoms with Crippen LogP contribution in [0.4, 0.5) is 5.82 Å². The van der Waals surface area contributed by atoms with Crippen molar-refractivity contribution in [3.63, 3.8) is 0 Å². The maximum absolute atomic E-state index is 4.28. The quantitative estimate of drug-likeness (QED) is 0.810. The van der Waals surface area contributed by atoms with Gasteiger partial charge >= 0.3 is 0 Å². The van der Waals surface area contributed by atoms with Gasteiger partial charge in [0.2, 0.25) is 0 Å². The minimum Gasteiger partial charge on any atom is -0.369 e. The third kappa shape index (κ3) is 2.70. The number of anilines is 1. The first kappa shape index (κ1) is 11.3. The van der Waals surface area contributed by atoms with Crippen LogP contribution in [-0.4, -0.2) is 29.6 Å². The van der Waals surface area contributed by atoms with Crippen LogP contribution in [0.15, 0.2) is 6.33 Å². The first-order chi connectivity index (χ1) is 7.77. The highest BCUT2D eigenvalue weighted by Gasteiger charge is 2.13. The summed E-state index contributed by atoms with van der Waals surface area (Å²) in [5.74, 6) is 1.71. The standard InChI is InChI=1S/C12H20N4/c1-9-10(2)15-8-16-12(9)14-7-11-4-3-5-13-6-11/h8,11,13H,3-7H2,1-2H3,(H,14,15,16). The third-order valence-corrected chi connectivity index (χ3v) is 3.29. The fourth-order valence-electron chi connectivity index (χ4n) is 2.06. The van der Waals surface area contributed by atoms with E-state index >= 15 is 0 Å². The molecule has 1 aliphatic rings. The van der Waals surface area contributed by atoms with Crippen LogP contribution in [0.5, 0.6) is 0 Å². The van der Waals surface area contributed by atoms with E-state index in [1.807, 2.05) is 6.92 Å². The van der Waals surface area contributed by atoms with Gasteiger partial charge in [-0.15, -0.1) is 0 Å². The molecule has 1 saturated heterocycles. The van der Waals surface area contributed by atoms with Crippen LogP contribution in [0.2, 0.25) is 0 Å². The molecule has 0 radical (unpaired) electrons. The fourth-order valence-corrected chi connectivity index (χ4v) is 2.06. The second-order valence-electron chi connectivity index (χ2n) is 4.53. The van der Waals surface area contributed by atoms with Gasteiger partial charge in [0.15, 0.2) is 0 Å². The number of piperidine rings is 1. The summed E-state index contributed by atoms with van der Waals surface area (Å²) in [6.45, 7) is 7.38. The van der Waals surface area contributed by atoms with E-state index in [1.165, 1.54) is 19.4 Å². The van der Waals surface area contributed by atoms with Gasteiger partial charge in [-0.1, -0.05) is 0 Å². The Morgan fingerprint density at radius 1 is 1.44 bits per heavy atom. The summed E-state index contributed by atoms with van der Waals surface area (Å²) in [6.07, 6.45) is 4.22. The average Bonchev–Trinajstić information content (AvgIpc) is 2.32. The predicted molar refractivity (Wildman–Crippen MR) is 65.6 cm³/mol. The van der Waals surface area contributed by atoms with E-state index in [4.69, 9.17) is 0 Å². The van der Waals surface area contributed by atoms with Gasteiger partial charge < -0.3 is 10.6 Å². The molecule has 2 N–H and O–H groups in total. The Morgan fingerprint density at radius 3 is 3.06 bits per heavy atom. The molecule has 16 heavy (non-hydrogen) atoms. The van der Waals surface area contributed by atoms with E-state index in [2.05, 4.69) is 27.5 Å². The molecule has 2 heterocycles. The fraction of sp³-hybridized carbons (Fsp3) is 0.667. The van der Waals surface area contributed by atoms with Crippen molar-refractivity contribution in [3.05, 3.63) is 17.6 Å².